The standard InChI is InChI=1S/C15H21N3O3/c1-10(2)8-18(13-6-5-7-16-11(13)3)9-12(14(19)20)17(4)15(18)21/h5-7,10,12H,8-9H2,1-4H3/p+1. The summed E-state index contributed by atoms with van der Waals surface area (Å²) < 4.78 is 0.0325. The van der Waals surface area contributed by atoms with Gasteiger partial charge >= 0.3 is 12.0 Å². The van der Waals surface area contributed by atoms with Gasteiger partial charge in [-0.15, -0.1) is 0 Å². The van der Waals surface area contributed by atoms with E-state index in [9.17, 15) is 14.7 Å². The summed E-state index contributed by atoms with van der Waals surface area (Å²) in [5, 5.41) is 9.36. The van der Waals surface area contributed by atoms with E-state index in [1.807, 2.05) is 26.8 Å². The third-order valence-corrected chi connectivity index (χ3v) is 4.02. The Labute approximate surface area is 124 Å². The second kappa shape index (κ2) is 5.44. The number of aliphatic carboxylic acids is 1. The van der Waals surface area contributed by atoms with Crippen molar-refractivity contribution in [1.82, 2.24) is 14.4 Å². The maximum atomic E-state index is 12.8. The molecule has 0 radical (unpaired) electrons. The van der Waals surface area contributed by atoms with E-state index in [1.54, 1.807) is 19.3 Å². The molecule has 2 atom stereocenters. The Morgan fingerprint density at radius 2 is 2.24 bits per heavy atom. The molecule has 21 heavy (non-hydrogen) atoms. The largest absolute Gasteiger partial charge is 0.480 e. The summed E-state index contributed by atoms with van der Waals surface area (Å²) in [6.45, 7) is 6.74. The second-order valence-electron chi connectivity index (χ2n) is 6.08. The molecule has 0 aromatic carbocycles. The highest BCUT2D eigenvalue weighted by Gasteiger charge is 2.55. The fourth-order valence-electron chi connectivity index (χ4n) is 3.18. The maximum absolute atomic E-state index is 12.8. The molecule has 0 spiro atoms. The van der Waals surface area contributed by atoms with E-state index in [-0.39, 0.29) is 23.0 Å². The van der Waals surface area contributed by atoms with Gasteiger partial charge in [0.15, 0.2) is 11.7 Å². The van der Waals surface area contributed by atoms with Gasteiger partial charge < -0.3 is 5.11 Å². The summed E-state index contributed by atoms with van der Waals surface area (Å²) in [6.07, 6.45) is 1.68. The number of quaternary nitrogens is 1. The zero-order chi connectivity index (χ0) is 15.8. The number of carboxylic acid groups (broad SMARTS) is 1. The molecule has 6 heteroatoms. The van der Waals surface area contributed by atoms with Crippen LogP contribution in [-0.2, 0) is 4.79 Å². The first-order valence-corrected chi connectivity index (χ1v) is 7.09. The zero-order valence-corrected chi connectivity index (χ0v) is 12.9. The van der Waals surface area contributed by atoms with Gasteiger partial charge in [0, 0.05) is 25.2 Å². The molecular formula is C15H22N3O3+. The quantitative estimate of drug-likeness (QED) is 0.860. The lowest BCUT2D eigenvalue weighted by atomic mass is 10.1. The number of carbonyl (C=O) groups excluding carboxylic acids is 1. The third-order valence-electron chi connectivity index (χ3n) is 4.02. The topological polar surface area (TPSA) is 70.5 Å². The van der Waals surface area contributed by atoms with E-state index in [2.05, 4.69) is 4.98 Å². The first kappa shape index (κ1) is 15.4. The molecule has 1 aromatic heterocycles. The Morgan fingerprint density at radius 3 is 2.71 bits per heavy atom. The van der Waals surface area contributed by atoms with Crippen molar-refractivity contribution >= 4 is 17.7 Å². The fourth-order valence-corrected chi connectivity index (χ4v) is 3.18. The van der Waals surface area contributed by atoms with Crippen LogP contribution in [0.2, 0.25) is 0 Å². The Balaban J connectivity index is 2.57. The molecule has 1 aromatic rings. The van der Waals surface area contributed by atoms with Gasteiger partial charge in [0.2, 0.25) is 0 Å². The fraction of sp³-hybridized carbons (Fsp3) is 0.533. The van der Waals surface area contributed by atoms with Gasteiger partial charge in [0.1, 0.15) is 6.54 Å². The van der Waals surface area contributed by atoms with E-state index in [4.69, 9.17) is 0 Å². The van der Waals surface area contributed by atoms with E-state index in [1.165, 1.54) is 4.90 Å². The molecule has 2 amide bonds. The highest BCUT2D eigenvalue weighted by atomic mass is 16.4. The summed E-state index contributed by atoms with van der Waals surface area (Å²) in [5.41, 5.74) is 1.57. The van der Waals surface area contributed by atoms with Crippen molar-refractivity contribution in [1.29, 1.82) is 0 Å². The number of hydrogen-bond acceptors (Lipinski definition) is 3. The highest BCUT2D eigenvalue weighted by molar-refractivity contribution is 5.95. The Kier molecular flexibility index (Phi) is 4.00. The first-order valence-electron chi connectivity index (χ1n) is 7.09. The lowest BCUT2D eigenvalue weighted by Crippen LogP contribution is -2.54. The normalized spacial score (nSPS) is 25.7. The van der Waals surface area contributed by atoms with Crippen LogP contribution in [0.25, 0.3) is 0 Å². The van der Waals surface area contributed by atoms with Gasteiger partial charge in [-0.1, -0.05) is 13.8 Å². The van der Waals surface area contributed by atoms with Gasteiger partial charge in [-0.2, -0.15) is 0 Å². The highest BCUT2D eigenvalue weighted by Crippen LogP contribution is 2.34. The summed E-state index contributed by atoms with van der Waals surface area (Å²) >= 11 is 0. The van der Waals surface area contributed by atoms with Gasteiger partial charge in [-0.05, 0) is 13.0 Å². The van der Waals surface area contributed by atoms with Crippen molar-refractivity contribution in [2.45, 2.75) is 26.8 Å². The molecule has 2 rings (SSSR count). The molecule has 6 nitrogen and oxygen atoms in total. The van der Waals surface area contributed by atoms with Crippen LogP contribution in [0, 0.1) is 12.8 Å². The SMILES string of the molecule is Cc1ncccc1[N+]1(CC(C)C)CC(C(=O)O)N(C)C1=O. The number of aryl methyl sites for hydroxylation is 1. The van der Waals surface area contributed by atoms with Gasteiger partial charge in [-0.25, -0.2) is 14.1 Å². The number of pyridine rings is 1. The molecule has 1 aliphatic heterocycles. The van der Waals surface area contributed by atoms with Crippen molar-refractivity contribution in [3.8, 4) is 0 Å². The van der Waals surface area contributed by atoms with Crippen LogP contribution < -0.4 is 4.48 Å². The van der Waals surface area contributed by atoms with E-state index in [0.717, 1.165) is 11.4 Å². The number of urea groups is 1. The number of aromatic nitrogens is 1. The van der Waals surface area contributed by atoms with E-state index >= 15 is 0 Å². The average molecular weight is 292 g/mol. The number of hydrogen-bond donors (Lipinski definition) is 1. The van der Waals surface area contributed by atoms with Crippen molar-refractivity contribution in [3.63, 3.8) is 0 Å². The minimum Gasteiger partial charge on any atom is -0.480 e. The Hall–Kier alpha value is -1.95. The first-order chi connectivity index (χ1) is 9.79. The molecule has 1 aliphatic rings. The molecule has 2 unspecified atom stereocenters. The molecule has 1 saturated heterocycles. The van der Waals surface area contributed by atoms with Crippen LogP contribution in [0.3, 0.4) is 0 Å². The smallest absolute Gasteiger partial charge is 0.425 e. The summed E-state index contributed by atoms with van der Waals surface area (Å²) in [4.78, 5) is 29.9. The molecule has 0 saturated carbocycles. The average Bonchev–Trinajstić information content (AvgIpc) is 2.65. The molecule has 2 heterocycles. The van der Waals surface area contributed by atoms with Crippen LogP contribution >= 0.6 is 0 Å². The summed E-state index contributed by atoms with van der Waals surface area (Å²) in [5.74, 6) is -0.703. The van der Waals surface area contributed by atoms with Gasteiger partial charge in [-0.3, -0.25) is 9.88 Å². The monoisotopic (exact) mass is 292 g/mol. The van der Waals surface area contributed by atoms with Crippen LogP contribution in [0.15, 0.2) is 18.3 Å². The molecule has 0 bridgehead atoms. The maximum Gasteiger partial charge on any atom is 0.425 e. The number of likely N-dealkylation sites (N-methyl/N-ethyl adjacent to an activating group) is 1. The Morgan fingerprint density at radius 1 is 1.57 bits per heavy atom. The number of nitrogens with zero attached hydrogens (tertiary/aromatic N) is 3. The summed E-state index contributed by atoms with van der Waals surface area (Å²) in [6, 6.07) is 2.70. The van der Waals surface area contributed by atoms with Gasteiger partial charge in [0.05, 0.1) is 12.2 Å². The number of carboxylic acids is 1. The van der Waals surface area contributed by atoms with Crippen molar-refractivity contribution in [2.75, 3.05) is 20.1 Å². The lowest BCUT2D eigenvalue weighted by molar-refractivity contribution is -0.140. The number of carbonyl (C=O) groups is 2. The molecule has 1 N–H and O–H groups in total. The minimum absolute atomic E-state index is 0.0325. The van der Waals surface area contributed by atoms with E-state index < -0.39 is 12.0 Å². The van der Waals surface area contributed by atoms with E-state index in [0.29, 0.717) is 6.54 Å². The van der Waals surface area contributed by atoms with Crippen LogP contribution in [0.4, 0.5) is 10.5 Å². The minimum atomic E-state index is -0.962. The van der Waals surface area contributed by atoms with Crippen molar-refractivity contribution in [3.05, 3.63) is 24.0 Å². The molecule has 114 valence electrons. The number of amides is 2. The van der Waals surface area contributed by atoms with Gasteiger partial charge in [0.25, 0.3) is 0 Å². The molecule has 1 fully saturated rings. The summed E-state index contributed by atoms with van der Waals surface area (Å²) in [7, 11) is 1.56. The lowest BCUT2D eigenvalue weighted by Gasteiger charge is -2.32. The molecular weight excluding hydrogens is 270 g/mol. The Bertz CT molecular complexity index is 573. The third kappa shape index (κ3) is 2.51. The van der Waals surface area contributed by atoms with Crippen LogP contribution in [0.1, 0.15) is 19.5 Å². The molecule has 0 aliphatic carbocycles. The van der Waals surface area contributed by atoms with Crippen molar-refractivity contribution < 1.29 is 14.7 Å². The van der Waals surface area contributed by atoms with Crippen LogP contribution in [-0.4, -0.2) is 53.2 Å². The number of rotatable bonds is 4. The zero-order valence-electron chi connectivity index (χ0n) is 12.9. The second-order valence-corrected chi connectivity index (χ2v) is 6.08. The van der Waals surface area contributed by atoms with Crippen molar-refractivity contribution in [2.24, 2.45) is 5.92 Å². The van der Waals surface area contributed by atoms with Crippen LogP contribution in [0.5, 0.6) is 0 Å². The predicted molar refractivity (Wildman–Crippen MR) is 79.9 cm³/mol. The predicted octanol–water partition coefficient (Wildman–Crippen LogP) is 1.87.